The number of ketones is 1. The van der Waals surface area contributed by atoms with Crippen LogP contribution in [0.15, 0.2) is 121 Å². The summed E-state index contributed by atoms with van der Waals surface area (Å²) in [4.78, 5) is 29.5. The fourth-order valence-electron chi connectivity index (χ4n) is 7.54. The third-order valence-electron chi connectivity index (χ3n) is 10.2. The lowest BCUT2D eigenvalue weighted by molar-refractivity contribution is -0.110. The number of aromatic nitrogens is 2. The highest BCUT2D eigenvalue weighted by atomic mass is 32.1. The van der Waals surface area contributed by atoms with Crippen molar-refractivity contribution in [2.45, 2.75) is 38.8 Å². The first kappa shape index (κ1) is 32.9. The van der Waals surface area contributed by atoms with Crippen molar-refractivity contribution in [3.8, 4) is 0 Å². The Morgan fingerprint density at radius 3 is 1.34 bits per heavy atom. The second-order valence-corrected chi connectivity index (χ2v) is 15.7. The number of piperidine rings is 2. The van der Waals surface area contributed by atoms with Crippen LogP contribution in [0.2, 0.25) is 0 Å². The van der Waals surface area contributed by atoms with Crippen LogP contribution in [0.5, 0.6) is 0 Å². The van der Waals surface area contributed by atoms with Crippen molar-refractivity contribution in [2.24, 2.45) is 11.8 Å². The molecule has 0 N–H and O–H groups in total. The molecule has 0 aliphatic carbocycles. The third-order valence-corrected chi connectivity index (χ3v) is 12.4. The van der Waals surface area contributed by atoms with Crippen LogP contribution < -0.4 is 0 Å². The average Bonchev–Trinajstić information content (AvgIpc) is 3.79. The molecule has 0 radical (unpaired) electrons. The Kier molecular flexibility index (Phi) is 10.1. The first-order valence-electron chi connectivity index (χ1n) is 17.9. The van der Waals surface area contributed by atoms with Crippen molar-refractivity contribution in [1.29, 1.82) is 0 Å². The van der Waals surface area contributed by atoms with Crippen molar-refractivity contribution in [2.75, 3.05) is 26.2 Å². The number of fused-ring (bicyclic) bond motifs is 2. The molecule has 2 fully saturated rings. The van der Waals surface area contributed by atoms with Gasteiger partial charge in [-0.25, -0.2) is 9.97 Å². The Labute approximate surface area is 302 Å². The van der Waals surface area contributed by atoms with Gasteiger partial charge in [-0.05, 0) is 122 Å². The number of benzene rings is 4. The van der Waals surface area contributed by atoms with Gasteiger partial charge in [0.15, 0.2) is 5.78 Å². The summed E-state index contributed by atoms with van der Waals surface area (Å²) in [7, 11) is 0. The van der Waals surface area contributed by atoms with Gasteiger partial charge in [0, 0.05) is 13.1 Å². The highest BCUT2D eigenvalue weighted by molar-refractivity contribution is 7.19. The highest BCUT2D eigenvalue weighted by Crippen LogP contribution is 2.39. The van der Waals surface area contributed by atoms with Crippen molar-refractivity contribution in [3.63, 3.8) is 0 Å². The SMILES string of the molecule is O=C(C=C(c1nc2ccccc2s1)C1CCN(Cc2ccccc2)CC1)C=C(c1nc2ccccc2s1)C1CCN(Cc2ccccc2)CC1. The van der Waals surface area contributed by atoms with Gasteiger partial charge >= 0.3 is 0 Å². The summed E-state index contributed by atoms with van der Waals surface area (Å²) < 4.78 is 2.32. The molecule has 0 atom stereocenters. The van der Waals surface area contributed by atoms with E-state index in [0.717, 1.165) is 107 Å². The molecule has 2 aliphatic heterocycles. The van der Waals surface area contributed by atoms with Crippen LogP contribution in [0.3, 0.4) is 0 Å². The molecule has 5 nitrogen and oxygen atoms in total. The molecule has 0 spiro atoms. The van der Waals surface area contributed by atoms with Gasteiger partial charge in [-0.15, -0.1) is 22.7 Å². The molecule has 0 saturated carbocycles. The van der Waals surface area contributed by atoms with Gasteiger partial charge in [-0.3, -0.25) is 14.6 Å². The van der Waals surface area contributed by atoms with Crippen molar-refractivity contribution in [1.82, 2.24) is 19.8 Å². The number of allylic oxidation sites excluding steroid dienone is 4. The molecular weight excluding hydrogens is 653 g/mol. The summed E-state index contributed by atoms with van der Waals surface area (Å²) in [5.74, 6) is 0.617. The van der Waals surface area contributed by atoms with Crippen LogP contribution >= 0.6 is 22.7 Å². The molecule has 4 heterocycles. The second kappa shape index (κ2) is 15.3. The first-order valence-corrected chi connectivity index (χ1v) is 19.5. The monoisotopic (exact) mass is 694 g/mol. The Balaban J connectivity index is 1.08. The van der Waals surface area contributed by atoms with Crippen LogP contribution in [-0.4, -0.2) is 51.7 Å². The molecule has 7 heteroatoms. The highest BCUT2D eigenvalue weighted by Gasteiger charge is 2.28. The Hall–Kier alpha value is -4.27. The van der Waals surface area contributed by atoms with Gasteiger partial charge in [0.05, 0.1) is 20.4 Å². The molecule has 0 bridgehead atoms. The van der Waals surface area contributed by atoms with E-state index in [-0.39, 0.29) is 17.6 Å². The number of hydrogen-bond acceptors (Lipinski definition) is 7. The maximum atomic E-state index is 14.3. The van der Waals surface area contributed by atoms with Gasteiger partial charge in [0.2, 0.25) is 0 Å². The minimum atomic E-state index is 0.0481. The van der Waals surface area contributed by atoms with Crippen LogP contribution in [0.25, 0.3) is 31.6 Å². The minimum absolute atomic E-state index is 0.0481. The largest absolute Gasteiger partial charge is 0.299 e. The maximum absolute atomic E-state index is 14.3. The zero-order valence-corrected chi connectivity index (χ0v) is 29.9. The normalized spacial score (nSPS) is 17.5. The standard InChI is InChI=1S/C43H42N4OS2/c48-35(27-36(42-44-38-15-7-9-17-40(38)49-42)33-19-23-46(24-20-33)29-31-11-3-1-4-12-31)28-37(43-45-39-16-8-10-18-41(39)50-43)34-21-25-47(26-22-34)30-32-13-5-2-6-14-32/h1-18,27-28,33-34H,19-26,29-30H2. The predicted molar refractivity (Wildman–Crippen MR) is 209 cm³/mol. The Morgan fingerprint density at radius 1 is 0.560 bits per heavy atom. The number of thiazole rings is 2. The molecular formula is C43H42N4OS2. The van der Waals surface area contributed by atoms with E-state index in [2.05, 4.69) is 107 Å². The van der Waals surface area contributed by atoms with Gasteiger partial charge < -0.3 is 0 Å². The number of hydrogen-bond donors (Lipinski definition) is 0. The van der Waals surface area contributed by atoms with E-state index in [1.165, 1.54) is 11.1 Å². The predicted octanol–water partition coefficient (Wildman–Crippen LogP) is 9.77. The van der Waals surface area contributed by atoms with Gasteiger partial charge in [-0.2, -0.15) is 0 Å². The summed E-state index contributed by atoms with van der Waals surface area (Å²) in [6.45, 7) is 5.94. The Bertz CT molecular complexity index is 1900. The molecule has 4 aromatic carbocycles. The van der Waals surface area contributed by atoms with Gasteiger partial charge in [0.25, 0.3) is 0 Å². The number of likely N-dealkylation sites (tertiary alicyclic amines) is 2. The zero-order chi connectivity index (χ0) is 33.7. The molecule has 0 amide bonds. The number of rotatable bonds is 10. The summed E-state index contributed by atoms with van der Waals surface area (Å²) in [6.07, 6.45) is 7.89. The fourth-order valence-corrected chi connectivity index (χ4v) is 9.66. The van der Waals surface area contributed by atoms with Gasteiger partial charge in [0.1, 0.15) is 10.0 Å². The lowest BCUT2D eigenvalue weighted by Gasteiger charge is -2.33. The lowest BCUT2D eigenvalue weighted by atomic mass is 9.86. The van der Waals surface area contributed by atoms with E-state index in [9.17, 15) is 4.79 Å². The van der Waals surface area contributed by atoms with E-state index >= 15 is 0 Å². The van der Waals surface area contributed by atoms with Crippen molar-refractivity contribution < 1.29 is 4.79 Å². The molecule has 2 saturated heterocycles. The smallest absolute Gasteiger partial charge is 0.179 e. The molecule has 252 valence electrons. The van der Waals surface area contributed by atoms with Crippen LogP contribution in [-0.2, 0) is 17.9 Å². The summed E-state index contributed by atoms with van der Waals surface area (Å²) in [5.41, 5.74) is 6.88. The molecule has 6 aromatic rings. The van der Waals surface area contributed by atoms with E-state index in [1.54, 1.807) is 22.7 Å². The molecule has 2 aromatic heterocycles. The first-order chi connectivity index (χ1) is 24.6. The molecule has 2 aliphatic rings. The number of nitrogens with zero attached hydrogens (tertiary/aromatic N) is 4. The summed E-state index contributed by atoms with van der Waals surface area (Å²) >= 11 is 3.42. The van der Waals surface area contributed by atoms with E-state index < -0.39 is 0 Å². The van der Waals surface area contributed by atoms with E-state index in [1.807, 2.05) is 24.3 Å². The fraction of sp³-hybridized carbons (Fsp3) is 0.279. The van der Waals surface area contributed by atoms with Crippen molar-refractivity contribution >= 4 is 60.0 Å². The van der Waals surface area contributed by atoms with E-state index in [4.69, 9.17) is 9.97 Å². The summed E-state index contributed by atoms with van der Waals surface area (Å²) in [6, 6.07) is 38.1. The molecule has 0 unspecified atom stereocenters. The minimum Gasteiger partial charge on any atom is -0.299 e. The lowest BCUT2D eigenvalue weighted by Crippen LogP contribution is -2.33. The topological polar surface area (TPSA) is 49.3 Å². The maximum Gasteiger partial charge on any atom is 0.179 e. The van der Waals surface area contributed by atoms with E-state index in [0.29, 0.717) is 0 Å². The number of para-hydroxylation sites is 2. The average molecular weight is 695 g/mol. The molecule has 50 heavy (non-hydrogen) atoms. The number of carbonyl (C=O) groups is 1. The summed E-state index contributed by atoms with van der Waals surface area (Å²) in [5, 5.41) is 1.95. The zero-order valence-electron chi connectivity index (χ0n) is 28.3. The van der Waals surface area contributed by atoms with Crippen molar-refractivity contribution in [3.05, 3.63) is 142 Å². The van der Waals surface area contributed by atoms with Crippen LogP contribution in [0.4, 0.5) is 0 Å². The number of carbonyl (C=O) groups excluding carboxylic acids is 1. The van der Waals surface area contributed by atoms with Crippen LogP contribution in [0, 0.1) is 11.8 Å². The Morgan fingerprint density at radius 2 is 0.940 bits per heavy atom. The second-order valence-electron chi connectivity index (χ2n) is 13.6. The van der Waals surface area contributed by atoms with Crippen LogP contribution in [0.1, 0.15) is 46.8 Å². The van der Waals surface area contributed by atoms with Gasteiger partial charge in [-0.1, -0.05) is 84.9 Å². The third kappa shape index (κ3) is 7.72. The molecule has 8 rings (SSSR count). The quantitative estimate of drug-likeness (QED) is 0.134.